The van der Waals surface area contributed by atoms with Gasteiger partial charge in [-0.25, -0.2) is 8.42 Å². The molecule has 0 saturated carbocycles. The minimum absolute atomic E-state index is 0.0439. The van der Waals surface area contributed by atoms with E-state index in [1.807, 2.05) is 0 Å². The number of alkyl halides is 17. The monoisotopic (exact) mass is 673 g/mol. The van der Waals surface area contributed by atoms with Gasteiger partial charge in [-0.15, -0.1) is 0 Å². The van der Waals surface area contributed by atoms with E-state index in [0.717, 1.165) is 6.07 Å². The second-order valence-electron chi connectivity index (χ2n) is 9.13. The zero-order valence-corrected chi connectivity index (χ0v) is 21.3. The van der Waals surface area contributed by atoms with E-state index in [1.165, 1.54) is 19.1 Å². The van der Waals surface area contributed by atoms with Gasteiger partial charge in [0.2, 0.25) is 0 Å². The van der Waals surface area contributed by atoms with Gasteiger partial charge in [-0.3, -0.25) is 0 Å². The first-order chi connectivity index (χ1) is 18.3. The van der Waals surface area contributed by atoms with Crippen LogP contribution in [0.25, 0.3) is 0 Å². The van der Waals surface area contributed by atoms with Gasteiger partial charge in [-0.2, -0.15) is 74.6 Å². The molecule has 0 amide bonds. The van der Waals surface area contributed by atoms with Crippen molar-refractivity contribution in [3.63, 3.8) is 0 Å². The third-order valence-electron chi connectivity index (χ3n) is 5.96. The molecule has 0 aliphatic rings. The van der Waals surface area contributed by atoms with Gasteiger partial charge in [0, 0.05) is 6.42 Å². The Morgan fingerprint density at radius 2 is 1.00 bits per heavy atom. The fourth-order valence-electron chi connectivity index (χ4n) is 3.52. The van der Waals surface area contributed by atoms with Crippen LogP contribution in [0.5, 0.6) is 0 Å². The van der Waals surface area contributed by atoms with Crippen LogP contribution in [-0.4, -0.2) is 60.6 Å². The number of unbranched alkanes of at least 4 members (excludes halogenated alkanes) is 3. The molecule has 0 fully saturated rings. The summed E-state index contributed by atoms with van der Waals surface area (Å²) in [4.78, 5) is -0.655. The first kappa shape index (κ1) is 38.0. The van der Waals surface area contributed by atoms with Crippen molar-refractivity contribution in [1.82, 2.24) is 0 Å². The Morgan fingerprint density at radius 3 is 1.43 bits per heavy atom. The van der Waals surface area contributed by atoms with E-state index in [1.54, 1.807) is 0 Å². The van der Waals surface area contributed by atoms with Gasteiger partial charge in [0.05, 0.1) is 4.90 Å². The summed E-state index contributed by atoms with van der Waals surface area (Å²) in [6, 6.07) is 3.47. The molecule has 0 atom stereocenters. The lowest BCUT2D eigenvalue weighted by Crippen LogP contribution is -2.74. The molecule has 1 rings (SSSR count). The Morgan fingerprint density at radius 1 is 0.595 bits per heavy atom. The molecule has 0 spiro atoms. The van der Waals surface area contributed by atoms with Crippen molar-refractivity contribution in [3.05, 3.63) is 29.3 Å². The lowest BCUT2D eigenvalue weighted by Gasteiger charge is -2.42. The lowest BCUT2D eigenvalue weighted by molar-refractivity contribution is -0.461. The summed E-state index contributed by atoms with van der Waals surface area (Å²) in [5, 5.41) is 0. The summed E-state index contributed by atoms with van der Waals surface area (Å²) in [6.45, 7) is 1.49. The van der Waals surface area contributed by atoms with Gasteiger partial charge in [0.25, 0.3) is 0 Å². The van der Waals surface area contributed by atoms with E-state index in [4.69, 9.17) is 0 Å². The maximum Gasteiger partial charge on any atom is 0.460 e. The van der Waals surface area contributed by atoms with Crippen LogP contribution in [0.15, 0.2) is 23.1 Å². The van der Waals surface area contributed by atoms with E-state index in [0.29, 0.717) is 5.56 Å². The van der Waals surface area contributed by atoms with Gasteiger partial charge < -0.3 is 4.55 Å². The Balaban J connectivity index is 3.08. The third-order valence-corrected chi connectivity index (χ3v) is 6.90. The van der Waals surface area contributed by atoms with Gasteiger partial charge in [0.15, 0.2) is 0 Å². The molecule has 0 aliphatic heterocycles. The summed E-state index contributed by atoms with van der Waals surface area (Å²) >= 11 is 0. The molecule has 3 nitrogen and oxygen atoms in total. The van der Waals surface area contributed by atoms with Crippen molar-refractivity contribution < 1.29 is 87.6 Å². The zero-order valence-electron chi connectivity index (χ0n) is 20.5. The van der Waals surface area contributed by atoms with Gasteiger partial charge >= 0.3 is 47.6 Å². The van der Waals surface area contributed by atoms with E-state index < -0.39 is 81.9 Å². The minimum Gasteiger partial charge on any atom is -0.744 e. The number of rotatable bonds is 14. The van der Waals surface area contributed by atoms with Crippen molar-refractivity contribution in [2.75, 3.05) is 0 Å². The summed E-state index contributed by atoms with van der Waals surface area (Å²) in [5.41, 5.74) is 0.431. The van der Waals surface area contributed by atoms with Gasteiger partial charge in [0.1, 0.15) is 10.1 Å². The van der Waals surface area contributed by atoms with E-state index in [-0.39, 0.29) is 24.8 Å². The summed E-state index contributed by atoms with van der Waals surface area (Å²) in [5.74, 6) is -56.4. The number of hydrogen-bond donors (Lipinski definition) is 0. The van der Waals surface area contributed by atoms with Crippen LogP contribution in [0, 0.1) is 6.92 Å². The average Bonchev–Trinajstić information content (AvgIpc) is 2.78. The summed E-state index contributed by atoms with van der Waals surface area (Å²) in [7, 11) is -4.96. The molecule has 0 N–H and O–H groups in total. The predicted octanol–water partition coefficient (Wildman–Crippen LogP) is 8.40. The molecule has 0 aliphatic carbocycles. The SMILES string of the molecule is Cc1ccc(S(=O)(=O)[O-])c(CCCCCCC(F)(F)C(F)(F)C(F)(F)C(F)(F)C(F)(F)C(F)(F)C(F)(F)C(F)(F)F)c1. The molecule has 0 bridgehead atoms. The number of hydrogen-bond acceptors (Lipinski definition) is 3. The molecule has 1 aromatic carbocycles. The number of halogens is 17. The Hall–Kier alpha value is -2.06. The van der Waals surface area contributed by atoms with E-state index >= 15 is 0 Å². The highest BCUT2D eigenvalue weighted by Crippen LogP contribution is 2.64. The van der Waals surface area contributed by atoms with Crippen molar-refractivity contribution >= 4 is 10.1 Å². The molecule has 0 saturated heterocycles. The molecular weight excluding hydrogens is 655 g/mol. The summed E-state index contributed by atoms with van der Waals surface area (Å²) < 4.78 is 259. The van der Waals surface area contributed by atoms with Crippen LogP contribution >= 0.6 is 0 Å². The molecule has 0 radical (unpaired) electrons. The molecule has 42 heavy (non-hydrogen) atoms. The van der Waals surface area contributed by atoms with Crippen LogP contribution in [0.4, 0.5) is 74.6 Å². The highest BCUT2D eigenvalue weighted by molar-refractivity contribution is 7.85. The fraction of sp³-hybridized carbons (Fsp3) is 0.714. The Labute approximate surface area is 225 Å². The van der Waals surface area contributed by atoms with Crippen LogP contribution < -0.4 is 0 Å². The minimum atomic E-state index is -8.66. The van der Waals surface area contributed by atoms with Crippen LogP contribution in [0.1, 0.15) is 43.2 Å². The van der Waals surface area contributed by atoms with Crippen molar-refractivity contribution in [1.29, 1.82) is 0 Å². The largest absolute Gasteiger partial charge is 0.744 e. The normalized spacial score (nSPS) is 15.3. The molecule has 0 unspecified atom stereocenters. The molecule has 0 aromatic heterocycles. The Kier molecular flexibility index (Phi) is 10.4. The van der Waals surface area contributed by atoms with Crippen LogP contribution in [0.3, 0.4) is 0 Å². The zero-order chi connectivity index (χ0) is 33.6. The lowest BCUT2D eigenvalue weighted by atomic mass is 9.87. The molecule has 246 valence electrons. The molecule has 21 heteroatoms. The van der Waals surface area contributed by atoms with Crippen molar-refractivity contribution in [2.45, 2.75) is 98.0 Å². The topological polar surface area (TPSA) is 57.2 Å². The third kappa shape index (κ3) is 6.40. The number of benzene rings is 1. The fourth-order valence-corrected chi connectivity index (χ4v) is 4.23. The standard InChI is InChI=1S/C21H19F17O3S/c1-11-7-8-13(42(39,40)41)12(10-11)6-4-2-3-5-9-14(22,23)15(24,25)16(26,27)17(28,29)18(30,31)19(32,33)20(34,35)21(36,37)38/h7-8,10H,2-6,9H2,1H3,(H,39,40,41)/p-1. The van der Waals surface area contributed by atoms with E-state index in [9.17, 15) is 87.6 Å². The second-order valence-corrected chi connectivity index (χ2v) is 10.5. The quantitative estimate of drug-likeness (QED) is 0.113. The van der Waals surface area contributed by atoms with Crippen molar-refractivity contribution in [2.24, 2.45) is 0 Å². The smallest absolute Gasteiger partial charge is 0.460 e. The molecule has 1 aromatic rings. The van der Waals surface area contributed by atoms with Crippen molar-refractivity contribution in [3.8, 4) is 0 Å². The highest BCUT2D eigenvalue weighted by atomic mass is 32.2. The first-order valence-corrected chi connectivity index (χ1v) is 12.5. The number of aryl methyl sites for hydroxylation is 2. The first-order valence-electron chi connectivity index (χ1n) is 11.1. The predicted molar refractivity (Wildman–Crippen MR) is 107 cm³/mol. The maximum atomic E-state index is 13.9. The van der Waals surface area contributed by atoms with Gasteiger partial charge in [-0.05, 0) is 37.8 Å². The average molecular weight is 673 g/mol. The molecular formula is C21H18F17O3S-. The highest BCUT2D eigenvalue weighted by Gasteiger charge is 2.95. The summed E-state index contributed by atoms with van der Waals surface area (Å²) in [6.07, 6.45) is -12.9. The van der Waals surface area contributed by atoms with E-state index in [2.05, 4.69) is 0 Å². The second kappa shape index (κ2) is 11.5. The molecule has 0 heterocycles. The van der Waals surface area contributed by atoms with Crippen LogP contribution in [-0.2, 0) is 16.5 Å². The maximum absolute atomic E-state index is 13.9. The van der Waals surface area contributed by atoms with Crippen LogP contribution in [0.2, 0.25) is 0 Å². The Bertz CT molecular complexity index is 1210. The van der Waals surface area contributed by atoms with Gasteiger partial charge in [-0.1, -0.05) is 30.5 Å².